The van der Waals surface area contributed by atoms with Crippen molar-refractivity contribution in [3.8, 4) is 0 Å². The Morgan fingerprint density at radius 1 is 1.33 bits per heavy atom. The van der Waals surface area contributed by atoms with Gasteiger partial charge in [-0.25, -0.2) is 5.43 Å². The third-order valence-corrected chi connectivity index (χ3v) is 3.82. The van der Waals surface area contributed by atoms with E-state index in [1.807, 2.05) is 0 Å². The van der Waals surface area contributed by atoms with Crippen LogP contribution in [-0.4, -0.2) is 11.6 Å². The maximum absolute atomic E-state index is 11.8. The van der Waals surface area contributed by atoms with Crippen LogP contribution < -0.4 is 5.43 Å². The topological polar surface area (TPSA) is 41.5 Å². The van der Waals surface area contributed by atoms with E-state index < -0.39 is 0 Å². The van der Waals surface area contributed by atoms with Crippen LogP contribution in [0.25, 0.3) is 0 Å². The second-order valence-electron chi connectivity index (χ2n) is 4.69. The summed E-state index contributed by atoms with van der Waals surface area (Å²) >= 11 is 5.77. The zero-order valence-corrected chi connectivity index (χ0v) is 10.5. The molecule has 1 amide bonds. The van der Waals surface area contributed by atoms with E-state index in [1.54, 1.807) is 24.3 Å². The van der Waals surface area contributed by atoms with Crippen molar-refractivity contribution in [1.82, 2.24) is 5.43 Å². The van der Waals surface area contributed by atoms with E-state index in [0.717, 1.165) is 18.6 Å². The van der Waals surface area contributed by atoms with Crippen LogP contribution in [-0.2, 0) is 0 Å². The lowest BCUT2D eigenvalue weighted by Gasteiger charge is -2.31. The molecule has 0 unspecified atom stereocenters. The van der Waals surface area contributed by atoms with E-state index in [-0.39, 0.29) is 5.91 Å². The van der Waals surface area contributed by atoms with Crippen LogP contribution in [0.2, 0.25) is 5.02 Å². The fourth-order valence-corrected chi connectivity index (χ4v) is 2.58. The third-order valence-electron chi connectivity index (χ3n) is 3.57. The molecular formula is C14H13ClN2O. The Morgan fingerprint density at radius 2 is 2.11 bits per heavy atom. The predicted octanol–water partition coefficient (Wildman–Crippen LogP) is 3.02. The summed E-state index contributed by atoms with van der Waals surface area (Å²) in [4.78, 5) is 11.8. The van der Waals surface area contributed by atoms with Crippen LogP contribution in [0.15, 0.2) is 41.5 Å². The minimum atomic E-state index is -0.187. The minimum absolute atomic E-state index is 0.187. The lowest BCUT2D eigenvalue weighted by molar-refractivity contribution is 0.0954. The number of nitrogens with one attached hydrogen (secondary N) is 1. The van der Waals surface area contributed by atoms with Gasteiger partial charge in [0.15, 0.2) is 0 Å². The van der Waals surface area contributed by atoms with E-state index >= 15 is 0 Å². The van der Waals surface area contributed by atoms with Gasteiger partial charge in [0.05, 0.1) is 0 Å². The Bertz CT molecular complexity index is 533. The van der Waals surface area contributed by atoms with Gasteiger partial charge in [0.2, 0.25) is 0 Å². The Kier molecular flexibility index (Phi) is 2.92. The molecule has 2 atom stereocenters. The number of carbonyl (C=O) groups is 1. The number of carbonyl (C=O) groups excluding carboxylic acids is 1. The molecule has 2 aliphatic carbocycles. The Morgan fingerprint density at radius 3 is 2.83 bits per heavy atom. The zero-order valence-electron chi connectivity index (χ0n) is 9.77. The maximum Gasteiger partial charge on any atom is 0.271 e. The number of halogens is 1. The number of hydrazone groups is 1. The number of allylic oxidation sites excluding steroid dienone is 2. The maximum atomic E-state index is 11.8. The highest BCUT2D eigenvalue weighted by molar-refractivity contribution is 6.30. The first-order valence-electron chi connectivity index (χ1n) is 6.03. The number of hydrogen-bond donors (Lipinski definition) is 1. The van der Waals surface area contributed by atoms with Crippen molar-refractivity contribution >= 4 is 23.2 Å². The van der Waals surface area contributed by atoms with Crippen molar-refractivity contribution in [2.75, 3.05) is 0 Å². The van der Waals surface area contributed by atoms with Gasteiger partial charge >= 0.3 is 0 Å². The summed E-state index contributed by atoms with van der Waals surface area (Å²) in [5.41, 5.74) is 4.29. The van der Waals surface area contributed by atoms with E-state index in [1.165, 1.54) is 0 Å². The molecule has 3 nitrogen and oxygen atoms in total. The van der Waals surface area contributed by atoms with Crippen molar-refractivity contribution in [3.63, 3.8) is 0 Å². The predicted molar refractivity (Wildman–Crippen MR) is 71.7 cm³/mol. The molecule has 0 bridgehead atoms. The normalized spacial score (nSPS) is 26.8. The summed E-state index contributed by atoms with van der Waals surface area (Å²) in [5.74, 6) is 0.986. The molecule has 0 spiro atoms. The largest absolute Gasteiger partial charge is 0.271 e. The van der Waals surface area contributed by atoms with Crippen LogP contribution in [0.5, 0.6) is 0 Å². The Labute approximate surface area is 111 Å². The quantitative estimate of drug-likeness (QED) is 0.645. The monoisotopic (exact) mass is 260 g/mol. The Balaban J connectivity index is 1.62. The molecule has 1 N–H and O–H groups in total. The molecule has 4 heteroatoms. The SMILES string of the molecule is O=C(N/N=C1\C[C@@H]2C=CC[C@H]12)c1ccc(Cl)cc1. The van der Waals surface area contributed by atoms with E-state index in [9.17, 15) is 4.79 Å². The van der Waals surface area contributed by atoms with Crippen molar-refractivity contribution in [1.29, 1.82) is 0 Å². The molecule has 0 radical (unpaired) electrons. The summed E-state index contributed by atoms with van der Waals surface area (Å²) in [6, 6.07) is 6.78. The molecule has 92 valence electrons. The first kappa shape index (κ1) is 11.5. The summed E-state index contributed by atoms with van der Waals surface area (Å²) in [6.07, 6.45) is 6.46. The lowest BCUT2D eigenvalue weighted by Crippen LogP contribution is -2.35. The first-order chi connectivity index (χ1) is 8.74. The second kappa shape index (κ2) is 4.58. The molecule has 3 rings (SSSR count). The summed E-state index contributed by atoms with van der Waals surface area (Å²) in [5, 5.41) is 4.84. The molecule has 1 fully saturated rings. The van der Waals surface area contributed by atoms with Crippen molar-refractivity contribution in [2.24, 2.45) is 16.9 Å². The number of amides is 1. The van der Waals surface area contributed by atoms with E-state index in [4.69, 9.17) is 11.6 Å². The summed E-state index contributed by atoms with van der Waals surface area (Å²) in [7, 11) is 0. The van der Waals surface area contributed by atoms with Gasteiger partial charge in [0.1, 0.15) is 0 Å². The van der Waals surface area contributed by atoms with Gasteiger partial charge in [-0.3, -0.25) is 4.79 Å². The fraction of sp³-hybridized carbons (Fsp3) is 0.286. The average Bonchev–Trinajstić information content (AvgIpc) is 2.72. The molecule has 0 aromatic heterocycles. The number of hydrogen-bond acceptors (Lipinski definition) is 2. The van der Waals surface area contributed by atoms with Gasteiger partial charge in [-0.15, -0.1) is 0 Å². The third kappa shape index (κ3) is 2.06. The number of nitrogens with zero attached hydrogens (tertiary/aromatic N) is 1. The Hall–Kier alpha value is -1.61. The van der Waals surface area contributed by atoms with Crippen LogP contribution >= 0.6 is 11.6 Å². The molecule has 0 aliphatic heterocycles. The molecule has 1 aromatic carbocycles. The van der Waals surface area contributed by atoms with Crippen LogP contribution in [0.1, 0.15) is 23.2 Å². The lowest BCUT2D eigenvalue weighted by atomic mass is 9.74. The van der Waals surface area contributed by atoms with Gasteiger partial charge < -0.3 is 0 Å². The van der Waals surface area contributed by atoms with Gasteiger partial charge in [-0.1, -0.05) is 23.8 Å². The molecule has 0 saturated heterocycles. The van der Waals surface area contributed by atoms with Gasteiger partial charge in [-0.2, -0.15) is 5.10 Å². The second-order valence-corrected chi connectivity index (χ2v) is 5.13. The first-order valence-corrected chi connectivity index (χ1v) is 6.41. The van der Waals surface area contributed by atoms with Crippen LogP contribution in [0.4, 0.5) is 0 Å². The molecular weight excluding hydrogens is 248 g/mol. The smallest absolute Gasteiger partial charge is 0.267 e. The van der Waals surface area contributed by atoms with Crippen LogP contribution in [0.3, 0.4) is 0 Å². The molecule has 1 aromatic rings. The number of benzene rings is 1. The molecule has 1 saturated carbocycles. The highest BCUT2D eigenvalue weighted by Crippen LogP contribution is 2.40. The van der Waals surface area contributed by atoms with Crippen molar-refractivity contribution in [3.05, 3.63) is 47.0 Å². The fourth-order valence-electron chi connectivity index (χ4n) is 2.45. The standard InChI is InChI=1S/C14H13ClN2O/c15-11-6-4-9(5-7-11)14(18)17-16-13-8-10-2-1-3-12(10)13/h1-2,4-7,10,12H,3,8H2,(H,17,18)/b16-13+/t10-,12-/m0/s1. The number of fused-ring (bicyclic) bond motifs is 1. The van der Waals surface area contributed by atoms with Gasteiger partial charge in [-0.05, 0) is 43.0 Å². The van der Waals surface area contributed by atoms with Crippen LogP contribution in [0, 0.1) is 11.8 Å². The van der Waals surface area contributed by atoms with E-state index in [2.05, 4.69) is 22.7 Å². The van der Waals surface area contributed by atoms with Gasteiger partial charge in [0.25, 0.3) is 5.91 Å². The zero-order chi connectivity index (χ0) is 12.5. The van der Waals surface area contributed by atoms with E-state index in [0.29, 0.717) is 22.4 Å². The minimum Gasteiger partial charge on any atom is -0.267 e. The van der Waals surface area contributed by atoms with Crippen molar-refractivity contribution < 1.29 is 4.79 Å². The highest BCUT2D eigenvalue weighted by Gasteiger charge is 2.37. The number of rotatable bonds is 2. The average molecular weight is 261 g/mol. The molecule has 18 heavy (non-hydrogen) atoms. The van der Waals surface area contributed by atoms with Crippen molar-refractivity contribution in [2.45, 2.75) is 12.8 Å². The highest BCUT2D eigenvalue weighted by atomic mass is 35.5. The summed E-state index contributed by atoms with van der Waals surface area (Å²) in [6.45, 7) is 0. The molecule has 2 aliphatic rings. The van der Waals surface area contributed by atoms with Gasteiger partial charge in [0, 0.05) is 22.2 Å². The molecule has 0 heterocycles. The summed E-state index contributed by atoms with van der Waals surface area (Å²) < 4.78 is 0.